The Kier molecular flexibility index (Phi) is 4.66. The Bertz CT molecular complexity index is 702. The predicted octanol–water partition coefficient (Wildman–Crippen LogP) is 3.04. The number of amides is 1. The number of benzene rings is 1. The average molecular weight is 315 g/mol. The molecular weight excluding hydrogens is 290 g/mol. The van der Waals surface area contributed by atoms with E-state index >= 15 is 0 Å². The van der Waals surface area contributed by atoms with Crippen molar-refractivity contribution in [3.05, 3.63) is 29.6 Å². The number of aryl methyl sites for hydroxylation is 1. The van der Waals surface area contributed by atoms with Crippen molar-refractivity contribution in [2.24, 2.45) is 0 Å². The van der Waals surface area contributed by atoms with Crippen LogP contribution in [0, 0.1) is 0 Å². The van der Waals surface area contributed by atoms with Crippen molar-refractivity contribution in [1.82, 2.24) is 14.5 Å². The van der Waals surface area contributed by atoms with Gasteiger partial charge in [0.1, 0.15) is 5.52 Å². The summed E-state index contributed by atoms with van der Waals surface area (Å²) in [6.07, 6.45) is 2.89. The molecule has 1 unspecified atom stereocenters. The van der Waals surface area contributed by atoms with E-state index < -0.39 is 0 Å². The van der Waals surface area contributed by atoms with E-state index in [1.165, 1.54) is 5.56 Å². The summed E-state index contributed by atoms with van der Waals surface area (Å²) in [5.74, 6) is 0.501. The van der Waals surface area contributed by atoms with E-state index in [4.69, 9.17) is 4.74 Å². The van der Waals surface area contributed by atoms with E-state index in [0.717, 1.165) is 29.6 Å². The summed E-state index contributed by atoms with van der Waals surface area (Å²) < 4.78 is 7.47. The topological polar surface area (TPSA) is 47.4 Å². The molecule has 1 aliphatic rings. The summed E-state index contributed by atoms with van der Waals surface area (Å²) in [7, 11) is 0. The van der Waals surface area contributed by atoms with Gasteiger partial charge in [-0.3, -0.25) is 4.79 Å². The summed E-state index contributed by atoms with van der Waals surface area (Å²) in [5.41, 5.74) is 3.82. The maximum Gasteiger partial charge on any atom is 0.256 e. The van der Waals surface area contributed by atoms with Gasteiger partial charge in [-0.15, -0.1) is 0 Å². The Balaban J connectivity index is 2.09. The molecule has 23 heavy (non-hydrogen) atoms. The van der Waals surface area contributed by atoms with Crippen LogP contribution < -0.4 is 0 Å². The van der Waals surface area contributed by atoms with Crippen LogP contribution >= 0.6 is 0 Å². The first kappa shape index (κ1) is 16.0. The van der Waals surface area contributed by atoms with Crippen molar-refractivity contribution in [3.8, 4) is 0 Å². The Labute approximate surface area is 137 Å². The minimum absolute atomic E-state index is 0.0739. The minimum atomic E-state index is 0.0739. The molecule has 0 radical (unpaired) electrons. The van der Waals surface area contributed by atoms with Crippen LogP contribution in [-0.2, 0) is 11.3 Å². The van der Waals surface area contributed by atoms with Crippen LogP contribution in [0.15, 0.2) is 18.5 Å². The molecule has 1 aromatic carbocycles. The Morgan fingerprint density at radius 3 is 2.70 bits per heavy atom. The van der Waals surface area contributed by atoms with Gasteiger partial charge in [-0.1, -0.05) is 13.8 Å². The third-order valence-electron chi connectivity index (χ3n) is 4.80. The van der Waals surface area contributed by atoms with Crippen molar-refractivity contribution >= 4 is 16.9 Å². The van der Waals surface area contributed by atoms with Gasteiger partial charge in [0.25, 0.3) is 5.91 Å². The highest BCUT2D eigenvalue weighted by atomic mass is 16.5. The zero-order chi connectivity index (χ0) is 16.4. The van der Waals surface area contributed by atoms with E-state index in [1.807, 2.05) is 17.3 Å². The molecular formula is C18H25N3O2. The van der Waals surface area contributed by atoms with Gasteiger partial charge in [-0.2, -0.15) is 0 Å². The van der Waals surface area contributed by atoms with Crippen LogP contribution in [0.2, 0.25) is 0 Å². The highest BCUT2D eigenvalue weighted by Crippen LogP contribution is 2.27. The van der Waals surface area contributed by atoms with Crippen molar-refractivity contribution in [1.29, 1.82) is 0 Å². The van der Waals surface area contributed by atoms with E-state index in [1.54, 1.807) is 0 Å². The molecule has 1 aliphatic heterocycles. The average Bonchev–Trinajstić information content (AvgIpc) is 3.03. The highest BCUT2D eigenvalue weighted by molar-refractivity contribution is 6.05. The zero-order valence-electron chi connectivity index (χ0n) is 14.2. The fraction of sp³-hybridized carbons (Fsp3) is 0.556. The standard InChI is InChI=1S/C18H25N3O2/c1-4-13(3)14-10-15(18(22)21-6-8-23-9-7-21)17-16(11-14)20(5-2)12-19-17/h10-13H,4-9H2,1-3H3. The summed E-state index contributed by atoms with van der Waals surface area (Å²) in [6, 6.07) is 4.23. The smallest absolute Gasteiger partial charge is 0.256 e. The number of ether oxygens (including phenoxy) is 1. The van der Waals surface area contributed by atoms with E-state index in [9.17, 15) is 4.79 Å². The monoisotopic (exact) mass is 315 g/mol. The van der Waals surface area contributed by atoms with Gasteiger partial charge < -0.3 is 14.2 Å². The molecule has 0 saturated carbocycles. The maximum absolute atomic E-state index is 13.0. The lowest BCUT2D eigenvalue weighted by Crippen LogP contribution is -2.40. The molecule has 1 aromatic heterocycles. The molecule has 3 rings (SSSR count). The summed E-state index contributed by atoms with van der Waals surface area (Å²) >= 11 is 0. The number of aromatic nitrogens is 2. The first-order chi connectivity index (χ1) is 11.2. The fourth-order valence-corrected chi connectivity index (χ4v) is 3.06. The van der Waals surface area contributed by atoms with E-state index in [0.29, 0.717) is 32.2 Å². The molecule has 0 bridgehead atoms. The SMILES string of the molecule is CCC(C)c1cc(C(=O)N2CCOCC2)c2ncn(CC)c2c1. The summed E-state index contributed by atoms with van der Waals surface area (Å²) in [6.45, 7) is 9.87. The van der Waals surface area contributed by atoms with Gasteiger partial charge >= 0.3 is 0 Å². The van der Waals surface area contributed by atoms with Gasteiger partial charge in [-0.25, -0.2) is 4.98 Å². The lowest BCUT2D eigenvalue weighted by Gasteiger charge is -2.27. The Morgan fingerprint density at radius 1 is 1.30 bits per heavy atom. The van der Waals surface area contributed by atoms with Gasteiger partial charge in [0, 0.05) is 19.6 Å². The van der Waals surface area contributed by atoms with E-state index in [2.05, 4.69) is 36.4 Å². The number of carbonyl (C=O) groups is 1. The summed E-state index contributed by atoms with van der Waals surface area (Å²) in [4.78, 5) is 19.4. The molecule has 2 aromatic rings. The second kappa shape index (κ2) is 6.71. The molecule has 1 amide bonds. The number of carbonyl (C=O) groups excluding carboxylic acids is 1. The molecule has 2 heterocycles. The Morgan fingerprint density at radius 2 is 2.04 bits per heavy atom. The first-order valence-corrected chi connectivity index (χ1v) is 8.51. The highest BCUT2D eigenvalue weighted by Gasteiger charge is 2.23. The number of fused-ring (bicyclic) bond motifs is 1. The van der Waals surface area contributed by atoms with Crippen LogP contribution in [0.1, 0.15) is 49.0 Å². The molecule has 1 atom stereocenters. The van der Waals surface area contributed by atoms with Gasteiger partial charge in [0.2, 0.25) is 0 Å². The van der Waals surface area contributed by atoms with Crippen molar-refractivity contribution in [2.75, 3.05) is 26.3 Å². The molecule has 1 saturated heterocycles. The van der Waals surface area contributed by atoms with Gasteiger partial charge in [0.15, 0.2) is 0 Å². The largest absolute Gasteiger partial charge is 0.378 e. The fourth-order valence-electron chi connectivity index (χ4n) is 3.06. The first-order valence-electron chi connectivity index (χ1n) is 8.51. The van der Waals surface area contributed by atoms with E-state index in [-0.39, 0.29) is 5.91 Å². The van der Waals surface area contributed by atoms with Crippen LogP contribution in [0.3, 0.4) is 0 Å². The molecule has 5 heteroatoms. The quantitative estimate of drug-likeness (QED) is 0.871. The number of hydrogen-bond acceptors (Lipinski definition) is 3. The third kappa shape index (κ3) is 2.98. The number of rotatable bonds is 4. The van der Waals surface area contributed by atoms with Crippen molar-refractivity contribution in [3.63, 3.8) is 0 Å². The third-order valence-corrected chi connectivity index (χ3v) is 4.80. The molecule has 0 aliphatic carbocycles. The molecule has 1 fully saturated rings. The lowest BCUT2D eigenvalue weighted by molar-refractivity contribution is 0.0304. The number of morpholine rings is 1. The molecule has 5 nitrogen and oxygen atoms in total. The number of hydrogen-bond donors (Lipinski definition) is 0. The molecule has 124 valence electrons. The minimum Gasteiger partial charge on any atom is -0.378 e. The van der Waals surface area contributed by atoms with Crippen molar-refractivity contribution < 1.29 is 9.53 Å². The Hall–Kier alpha value is -1.88. The maximum atomic E-state index is 13.0. The van der Waals surface area contributed by atoms with Crippen LogP contribution in [0.5, 0.6) is 0 Å². The van der Waals surface area contributed by atoms with Crippen LogP contribution in [0.4, 0.5) is 0 Å². The number of nitrogens with zero attached hydrogens (tertiary/aromatic N) is 3. The summed E-state index contributed by atoms with van der Waals surface area (Å²) in [5, 5.41) is 0. The molecule has 0 N–H and O–H groups in total. The van der Waals surface area contributed by atoms with Crippen molar-refractivity contribution in [2.45, 2.75) is 39.7 Å². The van der Waals surface area contributed by atoms with Crippen LogP contribution in [-0.4, -0.2) is 46.7 Å². The zero-order valence-corrected chi connectivity index (χ0v) is 14.2. The second-order valence-electron chi connectivity index (χ2n) is 6.18. The van der Waals surface area contributed by atoms with Gasteiger partial charge in [0.05, 0.1) is 30.6 Å². The second-order valence-corrected chi connectivity index (χ2v) is 6.18. The lowest BCUT2D eigenvalue weighted by atomic mass is 9.95. The van der Waals surface area contributed by atoms with Crippen LogP contribution in [0.25, 0.3) is 11.0 Å². The number of imidazole rings is 1. The predicted molar refractivity (Wildman–Crippen MR) is 90.8 cm³/mol. The van der Waals surface area contributed by atoms with Gasteiger partial charge in [-0.05, 0) is 37.0 Å². The molecule has 0 spiro atoms. The normalized spacial score (nSPS) is 16.7.